The molecule has 230 valence electrons. The van der Waals surface area contributed by atoms with Gasteiger partial charge < -0.3 is 4.74 Å². The van der Waals surface area contributed by atoms with Gasteiger partial charge in [0.05, 0.1) is 0 Å². The molecule has 7 aromatic carbocycles. The molecule has 0 bridgehead atoms. The summed E-state index contributed by atoms with van der Waals surface area (Å²) in [7, 11) is 0. The third kappa shape index (κ3) is 4.72. The van der Waals surface area contributed by atoms with E-state index in [2.05, 4.69) is 164 Å². The molecule has 4 nitrogen and oxygen atoms in total. The molecule has 1 aliphatic carbocycles. The van der Waals surface area contributed by atoms with Crippen LogP contribution in [0.15, 0.2) is 164 Å². The Balaban J connectivity index is 1.14. The third-order valence-corrected chi connectivity index (χ3v) is 9.85. The van der Waals surface area contributed by atoms with Crippen LogP contribution in [0.25, 0.3) is 77.6 Å². The average Bonchev–Trinajstić information content (AvgIpc) is 3.55. The van der Waals surface area contributed by atoms with Gasteiger partial charge >= 0.3 is 0 Å². The highest BCUT2D eigenvalue weighted by Gasteiger charge is 2.32. The molecular weight excluding hydrogens is 599 g/mol. The van der Waals surface area contributed by atoms with E-state index in [4.69, 9.17) is 19.7 Å². The van der Waals surface area contributed by atoms with E-state index in [0.717, 1.165) is 55.1 Å². The summed E-state index contributed by atoms with van der Waals surface area (Å²) in [5, 5.41) is 6.87. The van der Waals surface area contributed by atoms with Gasteiger partial charge in [-0.05, 0) is 73.8 Å². The zero-order valence-corrected chi connectivity index (χ0v) is 26.5. The standard InChI is InChI=1S/C45H29N3O/c1-3-11-30-25-33(19-17-28(30)9-1)43-46-44(34-20-18-29-10-2-4-12-31(29)26-34)48-45(47-43)40-24-23-35(36-13-5-6-14-37(36)40)32-21-22-39-38-15-7-8-16-41(38)49-42(39)27-32/h1-27,38,41H. The van der Waals surface area contributed by atoms with Crippen molar-refractivity contribution in [1.29, 1.82) is 0 Å². The first kappa shape index (κ1) is 27.7. The van der Waals surface area contributed by atoms with Crippen molar-refractivity contribution in [2.75, 3.05) is 0 Å². The summed E-state index contributed by atoms with van der Waals surface area (Å²) >= 11 is 0. The molecule has 1 aliphatic heterocycles. The van der Waals surface area contributed by atoms with E-state index in [-0.39, 0.29) is 12.0 Å². The monoisotopic (exact) mass is 627 g/mol. The van der Waals surface area contributed by atoms with Crippen molar-refractivity contribution in [3.05, 3.63) is 169 Å². The Kier molecular flexibility index (Phi) is 6.28. The lowest BCUT2D eigenvalue weighted by molar-refractivity contribution is 0.269. The Labute approximate surface area is 283 Å². The van der Waals surface area contributed by atoms with E-state index in [1.54, 1.807) is 0 Å². The second-order valence-corrected chi connectivity index (χ2v) is 12.8. The summed E-state index contributed by atoms with van der Waals surface area (Å²) in [5.74, 6) is 3.16. The molecule has 0 N–H and O–H groups in total. The molecule has 49 heavy (non-hydrogen) atoms. The predicted octanol–water partition coefficient (Wildman–Crippen LogP) is 11.0. The Bertz CT molecular complexity index is 2580. The minimum absolute atomic E-state index is 0.0619. The molecule has 0 fully saturated rings. The zero-order chi connectivity index (χ0) is 32.3. The lowest BCUT2D eigenvalue weighted by Crippen LogP contribution is -2.15. The van der Waals surface area contributed by atoms with E-state index in [1.807, 2.05) is 0 Å². The summed E-state index contributed by atoms with van der Waals surface area (Å²) in [6, 6.07) is 49.1. The van der Waals surface area contributed by atoms with E-state index < -0.39 is 0 Å². The van der Waals surface area contributed by atoms with Crippen LogP contribution in [0.4, 0.5) is 0 Å². The number of hydrogen-bond donors (Lipinski definition) is 0. The van der Waals surface area contributed by atoms with Gasteiger partial charge in [-0.15, -0.1) is 0 Å². The largest absolute Gasteiger partial charge is 0.485 e. The van der Waals surface area contributed by atoms with Gasteiger partial charge in [0.15, 0.2) is 17.5 Å². The van der Waals surface area contributed by atoms with Gasteiger partial charge in [0.25, 0.3) is 0 Å². The smallest absolute Gasteiger partial charge is 0.164 e. The number of benzene rings is 7. The predicted molar refractivity (Wildman–Crippen MR) is 200 cm³/mol. The molecule has 2 heterocycles. The Morgan fingerprint density at radius 1 is 0.429 bits per heavy atom. The van der Waals surface area contributed by atoms with Crippen LogP contribution in [0.1, 0.15) is 11.5 Å². The normalized spacial score (nSPS) is 16.2. The first-order chi connectivity index (χ1) is 24.2. The summed E-state index contributed by atoms with van der Waals surface area (Å²) in [6.45, 7) is 0. The number of aromatic nitrogens is 3. The van der Waals surface area contributed by atoms with E-state index in [1.165, 1.54) is 16.3 Å². The Hall–Kier alpha value is -6.39. The van der Waals surface area contributed by atoms with Crippen LogP contribution in [0.5, 0.6) is 5.75 Å². The van der Waals surface area contributed by atoms with E-state index in [0.29, 0.717) is 17.5 Å². The zero-order valence-electron chi connectivity index (χ0n) is 26.5. The summed E-state index contributed by atoms with van der Waals surface area (Å²) in [4.78, 5) is 15.4. The molecule has 4 heteroatoms. The van der Waals surface area contributed by atoms with Crippen molar-refractivity contribution in [2.45, 2.75) is 12.0 Å². The fourth-order valence-corrected chi connectivity index (χ4v) is 7.36. The molecule has 0 amide bonds. The average molecular weight is 628 g/mol. The van der Waals surface area contributed by atoms with Crippen LogP contribution < -0.4 is 4.74 Å². The molecule has 10 rings (SSSR count). The highest BCUT2D eigenvalue weighted by Crippen LogP contribution is 2.44. The molecule has 0 spiro atoms. The Morgan fingerprint density at radius 2 is 0.980 bits per heavy atom. The molecule has 2 atom stereocenters. The lowest BCUT2D eigenvalue weighted by atomic mass is 9.90. The van der Waals surface area contributed by atoms with Crippen LogP contribution in [0.2, 0.25) is 0 Å². The summed E-state index contributed by atoms with van der Waals surface area (Å²) in [5.41, 5.74) is 6.37. The highest BCUT2D eigenvalue weighted by atomic mass is 16.5. The highest BCUT2D eigenvalue weighted by molar-refractivity contribution is 6.04. The number of nitrogens with zero attached hydrogens (tertiary/aromatic N) is 3. The second-order valence-electron chi connectivity index (χ2n) is 12.8. The molecule has 0 saturated carbocycles. The van der Waals surface area contributed by atoms with Crippen molar-refractivity contribution in [3.8, 4) is 51.0 Å². The van der Waals surface area contributed by atoms with Gasteiger partial charge in [0, 0.05) is 28.2 Å². The summed E-state index contributed by atoms with van der Waals surface area (Å²) in [6.07, 6.45) is 8.61. The van der Waals surface area contributed by atoms with E-state index in [9.17, 15) is 0 Å². The number of rotatable bonds is 4. The number of fused-ring (bicyclic) bond motifs is 6. The van der Waals surface area contributed by atoms with Crippen LogP contribution in [-0.4, -0.2) is 21.1 Å². The summed E-state index contributed by atoms with van der Waals surface area (Å²) < 4.78 is 6.38. The van der Waals surface area contributed by atoms with Crippen LogP contribution in [-0.2, 0) is 0 Å². The van der Waals surface area contributed by atoms with Gasteiger partial charge in [-0.2, -0.15) is 0 Å². The Morgan fingerprint density at radius 3 is 1.67 bits per heavy atom. The number of hydrogen-bond acceptors (Lipinski definition) is 4. The quantitative estimate of drug-likeness (QED) is 0.195. The van der Waals surface area contributed by atoms with Crippen molar-refractivity contribution < 1.29 is 4.74 Å². The minimum atomic E-state index is 0.0619. The second kappa shape index (κ2) is 11.1. The van der Waals surface area contributed by atoms with Crippen LogP contribution in [0, 0.1) is 0 Å². The van der Waals surface area contributed by atoms with E-state index >= 15 is 0 Å². The lowest BCUT2D eigenvalue weighted by Gasteiger charge is -2.14. The third-order valence-electron chi connectivity index (χ3n) is 9.85. The van der Waals surface area contributed by atoms with Gasteiger partial charge in [-0.3, -0.25) is 0 Å². The molecule has 0 radical (unpaired) electrons. The number of ether oxygens (including phenoxy) is 1. The first-order valence-corrected chi connectivity index (χ1v) is 16.7. The fraction of sp³-hybridized carbons (Fsp3) is 0.0444. The van der Waals surface area contributed by atoms with Gasteiger partial charge in [0.2, 0.25) is 0 Å². The maximum atomic E-state index is 6.38. The van der Waals surface area contributed by atoms with Crippen molar-refractivity contribution in [1.82, 2.24) is 15.0 Å². The van der Waals surface area contributed by atoms with Gasteiger partial charge in [-0.1, -0.05) is 133 Å². The SMILES string of the molecule is C1=CC2Oc3cc(-c4ccc(-c5nc(-c6ccc7ccccc7c6)nc(-c6ccc7ccccc7c6)n5)c5ccccc45)ccc3C2C=C1. The van der Waals surface area contributed by atoms with Crippen LogP contribution in [0.3, 0.4) is 0 Å². The van der Waals surface area contributed by atoms with Crippen molar-refractivity contribution >= 4 is 32.3 Å². The van der Waals surface area contributed by atoms with Crippen molar-refractivity contribution in [3.63, 3.8) is 0 Å². The molecule has 1 aromatic heterocycles. The van der Waals surface area contributed by atoms with Crippen LogP contribution >= 0.6 is 0 Å². The fourth-order valence-electron chi connectivity index (χ4n) is 7.36. The van der Waals surface area contributed by atoms with Gasteiger partial charge in [-0.25, -0.2) is 15.0 Å². The minimum Gasteiger partial charge on any atom is -0.485 e. The number of allylic oxidation sites excluding steroid dienone is 2. The molecular formula is C45H29N3O. The topological polar surface area (TPSA) is 47.9 Å². The molecule has 2 unspecified atom stereocenters. The van der Waals surface area contributed by atoms with Crippen molar-refractivity contribution in [2.24, 2.45) is 0 Å². The molecule has 0 saturated heterocycles. The first-order valence-electron chi connectivity index (χ1n) is 16.7. The molecule has 8 aromatic rings. The maximum Gasteiger partial charge on any atom is 0.164 e. The molecule has 2 aliphatic rings. The maximum absolute atomic E-state index is 6.38. The van der Waals surface area contributed by atoms with Gasteiger partial charge in [0.1, 0.15) is 11.9 Å².